The van der Waals surface area contributed by atoms with E-state index in [1.54, 1.807) is 93.0 Å². The summed E-state index contributed by atoms with van der Waals surface area (Å²) in [6, 6.07) is 23.4. The van der Waals surface area contributed by atoms with Gasteiger partial charge in [-0.1, -0.05) is 25.1 Å². The Balaban J connectivity index is 0.000000129. The number of halogens is 3. The fourth-order valence-electron chi connectivity index (χ4n) is 18.1. The van der Waals surface area contributed by atoms with Gasteiger partial charge >= 0.3 is 5.51 Å². The van der Waals surface area contributed by atoms with Gasteiger partial charge in [0, 0.05) is 176 Å². The number of ether oxygens (including phenoxy) is 2. The number of nitrogens with two attached hydrogens (primary N) is 1. The van der Waals surface area contributed by atoms with Gasteiger partial charge in [-0.15, -0.1) is 0 Å². The SMILES string of the molecule is C=S(=O)(c1ccc(CC(=O)N2CCC3(CC2)CC3C)cc1)C(F)(F)F.CC(=O)N(C)CCC(=O)N1CCC2(CC1)CC2CNC(=O)c1cc2ccncc2o1.COCCC(=O)N1CCC2(CC1)CC2CNC(=O)c1cc2ccncc2o1.NC(=O)C1Cc2ccncc2O1.O=C(NCC1CC12CCN(C(=O)Cc1ccccn1)CC2)c1cc2ccncc2o1. The number of hydrogen-bond donors (Lipinski definition) is 4. The van der Waals surface area contributed by atoms with Crippen molar-refractivity contribution < 1.29 is 83.3 Å². The van der Waals surface area contributed by atoms with Crippen LogP contribution in [0.5, 0.6) is 5.75 Å². The molecule has 18 rings (SSSR count). The number of likely N-dealkylation sites (tertiary alicyclic amines) is 4. The van der Waals surface area contributed by atoms with Gasteiger partial charge in [0.1, 0.15) is 5.75 Å². The molecule has 29 nitrogen and oxygen atoms in total. The maximum atomic E-state index is 12.8. The van der Waals surface area contributed by atoms with Crippen molar-refractivity contribution in [3.8, 4) is 5.75 Å². The van der Waals surface area contributed by atoms with Gasteiger partial charge in [-0.2, -0.15) is 13.2 Å². The predicted molar refractivity (Wildman–Crippen MR) is 454 cm³/mol. The lowest BCUT2D eigenvalue weighted by Crippen LogP contribution is -2.41. The lowest BCUT2D eigenvalue weighted by molar-refractivity contribution is -0.135. The number of furan rings is 3. The van der Waals surface area contributed by atoms with Crippen LogP contribution in [0.1, 0.15) is 152 Å². The van der Waals surface area contributed by atoms with Gasteiger partial charge in [0.2, 0.25) is 29.5 Å². The van der Waals surface area contributed by atoms with Crippen LogP contribution in [0.15, 0.2) is 159 Å². The van der Waals surface area contributed by atoms with E-state index in [1.165, 1.54) is 25.5 Å². The summed E-state index contributed by atoms with van der Waals surface area (Å²) in [6.45, 7) is 12.8. The van der Waals surface area contributed by atoms with Gasteiger partial charge in [0.15, 0.2) is 40.1 Å². The fraction of sp³-hybridized carbons (Fsp3) is 0.484. The Labute approximate surface area is 716 Å². The third kappa shape index (κ3) is 21.2. The van der Waals surface area contributed by atoms with Gasteiger partial charge in [-0.25, -0.2) is 0 Å². The Hall–Kier alpha value is -11.6. The van der Waals surface area contributed by atoms with Crippen molar-refractivity contribution in [2.45, 2.75) is 140 Å². The number of aromatic nitrogens is 5. The Morgan fingerprint density at radius 1 is 0.556 bits per heavy atom. The maximum Gasteiger partial charge on any atom is 0.467 e. The van der Waals surface area contributed by atoms with Gasteiger partial charge < -0.3 is 68.9 Å². The summed E-state index contributed by atoms with van der Waals surface area (Å²) in [5.74, 6) is 6.03. The Kier molecular flexibility index (Phi) is 27.1. The molecule has 6 atom stereocenters. The molecule has 124 heavy (non-hydrogen) atoms. The molecule has 13 heterocycles. The number of carbonyl (C=O) groups is 9. The number of alkyl halides is 3. The van der Waals surface area contributed by atoms with Crippen LogP contribution in [0.3, 0.4) is 0 Å². The zero-order chi connectivity index (χ0) is 87.7. The van der Waals surface area contributed by atoms with Gasteiger partial charge in [0.25, 0.3) is 23.6 Å². The van der Waals surface area contributed by atoms with Crippen molar-refractivity contribution >= 4 is 101 Å². The average molecular weight is 1730 g/mol. The minimum absolute atomic E-state index is 0.0120. The van der Waals surface area contributed by atoms with Crippen LogP contribution in [-0.2, 0) is 62.3 Å². The van der Waals surface area contributed by atoms with Gasteiger partial charge in [-0.05, 0) is 201 Å². The minimum atomic E-state index is -4.88. The second-order valence-corrected chi connectivity index (χ2v) is 36.8. The molecule has 658 valence electrons. The molecule has 0 radical (unpaired) electrons. The average Bonchev–Trinajstić information content (AvgIpc) is 1.60. The van der Waals surface area contributed by atoms with Crippen molar-refractivity contribution in [3.05, 3.63) is 175 Å². The van der Waals surface area contributed by atoms with E-state index in [-0.39, 0.29) is 69.4 Å². The number of benzene rings is 1. The molecule has 4 saturated heterocycles. The van der Waals surface area contributed by atoms with E-state index in [0.29, 0.717) is 132 Å². The molecule has 5 aliphatic heterocycles. The molecule has 4 spiro atoms. The summed E-state index contributed by atoms with van der Waals surface area (Å²) in [4.78, 5) is 138. The highest BCUT2D eigenvalue weighted by atomic mass is 32.2. The Morgan fingerprint density at radius 3 is 1.35 bits per heavy atom. The predicted octanol–water partition coefficient (Wildman–Crippen LogP) is 10.4. The van der Waals surface area contributed by atoms with E-state index >= 15 is 0 Å². The van der Waals surface area contributed by atoms with Crippen molar-refractivity contribution in [1.82, 2.24) is 65.4 Å². The van der Waals surface area contributed by atoms with E-state index in [4.69, 9.17) is 28.5 Å². The van der Waals surface area contributed by atoms with Gasteiger partial charge in [-0.3, -0.25) is 72.3 Å². The molecular formula is C91H107F3N14O15S. The highest BCUT2D eigenvalue weighted by Crippen LogP contribution is 2.62. The quantitative estimate of drug-likeness (QED) is 0.0486. The van der Waals surface area contributed by atoms with Crippen LogP contribution in [0.4, 0.5) is 13.2 Å². The number of fused-ring (bicyclic) bond motifs is 4. The van der Waals surface area contributed by atoms with Crippen LogP contribution in [0, 0.1) is 45.3 Å². The number of nitrogens with one attached hydrogen (secondary N) is 3. The maximum absolute atomic E-state index is 12.8. The van der Waals surface area contributed by atoms with Crippen LogP contribution >= 0.6 is 0 Å². The van der Waals surface area contributed by atoms with Crippen molar-refractivity contribution in [1.29, 1.82) is 0 Å². The first-order valence-corrected chi connectivity index (χ1v) is 44.2. The van der Waals surface area contributed by atoms with E-state index < -0.39 is 27.0 Å². The van der Waals surface area contributed by atoms with Gasteiger partial charge in [0.05, 0.1) is 60.2 Å². The highest BCUT2D eigenvalue weighted by Gasteiger charge is 2.58. The number of primary amides is 1. The molecule has 4 aliphatic carbocycles. The smallest absolute Gasteiger partial charge is 0.467 e. The monoisotopic (exact) mass is 1720 g/mol. The summed E-state index contributed by atoms with van der Waals surface area (Å²) in [7, 11) is -1.02. The van der Waals surface area contributed by atoms with Crippen molar-refractivity contribution in [2.24, 2.45) is 51.1 Å². The third-order valence-corrected chi connectivity index (χ3v) is 28.7. The van der Waals surface area contributed by atoms with Crippen LogP contribution in [0.2, 0.25) is 0 Å². The first kappa shape index (κ1) is 88.7. The second kappa shape index (κ2) is 37.8. The lowest BCUT2D eigenvalue weighted by Gasteiger charge is -2.33. The molecule has 8 aromatic heterocycles. The number of carbonyl (C=O) groups excluding carboxylic acids is 9. The standard InChI is InChI=1S/C23H24N4O3.C22H28N4O4.C20H25N3O4.C18H22F3NO2S.C8H8N2O2/c28-21(12-18-3-1-2-7-25-18)27-9-5-23(6-10-27)13-17(23)14-26-22(29)19-11-16-4-8-24-15-20(16)30-19;1-15(27)25(2)8-4-20(28)26-9-5-22(6-10-26)12-17(22)13-24-21(29)18-11-16-3-7-23-14-19(16)30-18;1-26-9-3-18(24)23-7-4-20(5-8-23)11-15(20)12-22-19(25)16-10-14-2-6-21-13-17(14)27-16;1-13-12-17(13)7-9-22(10-8-17)16(23)11-14-3-5-15(6-4-14)25(2,24)18(19,20)21;9-8(11)6-3-5-1-2-10-4-7(5)12-6/h1-4,7-8,11,15,17H,5-6,9-10,12-14H2,(H,26,29);3,7,11,14,17H,4-6,8-10,12-13H2,1-2H3,(H,24,29);2,6,10,13,15H,3-5,7-9,11-12H2,1H3,(H,22,25);3-6,13H,2,7-12H2,1H3;1-2,4,6H,3H2,(H2,9,11). The number of amides is 9. The minimum Gasteiger partial charge on any atom is -0.478 e. The largest absolute Gasteiger partial charge is 0.478 e. The molecule has 33 heteroatoms. The summed E-state index contributed by atoms with van der Waals surface area (Å²) in [5.41, 5.74) is 5.75. The Morgan fingerprint density at radius 2 is 0.968 bits per heavy atom. The second-order valence-electron chi connectivity index (χ2n) is 34.6. The Bertz CT molecular complexity index is 5350. The summed E-state index contributed by atoms with van der Waals surface area (Å²) in [5, 5.41) is 11.6. The molecule has 9 amide bonds. The number of piperidine rings is 4. The molecular weight excluding hydrogens is 1620 g/mol. The molecule has 9 aromatic rings. The van der Waals surface area contributed by atoms with Crippen molar-refractivity contribution in [2.75, 3.05) is 99.3 Å². The van der Waals surface area contributed by atoms with E-state index in [1.807, 2.05) is 62.1 Å². The lowest BCUT2D eigenvalue weighted by atomic mass is 9.90. The number of nitrogens with zero attached hydrogens (tertiary/aromatic N) is 10. The van der Waals surface area contributed by atoms with E-state index in [0.717, 1.165) is 168 Å². The zero-order valence-corrected chi connectivity index (χ0v) is 71.1. The summed E-state index contributed by atoms with van der Waals surface area (Å²) in [6.07, 6.45) is 28.9. The summed E-state index contributed by atoms with van der Waals surface area (Å²) >= 11 is 0. The van der Waals surface area contributed by atoms with Crippen LogP contribution in [-0.4, -0.2) is 224 Å². The van der Waals surface area contributed by atoms with E-state index in [2.05, 4.69) is 53.7 Å². The molecule has 4 saturated carbocycles. The van der Waals surface area contributed by atoms with Crippen molar-refractivity contribution in [3.63, 3.8) is 0 Å². The summed E-state index contributed by atoms with van der Waals surface area (Å²) < 4.78 is 77.0. The molecule has 6 unspecified atom stereocenters. The number of hydrogen-bond acceptors (Lipinski definition) is 20. The zero-order valence-electron chi connectivity index (χ0n) is 70.3. The third-order valence-electron chi connectivity index (χ3n) is 27.0. The first-order chi connectivity index (χ1) is 59.4. The number of pyridine rings is 5. The number of rotatable bonds is 21. The van der Waals surface area contributed by atoms with Crippen LogP contribution < -0.4 is 26.4 Å². The molecule has 0 bridgehead atoms. The molecule has 5 N–H and O–H groups in total. The topological polar surface area (TPSA) is 371 Å². The van der Waals surface area contributed by atoms with Crippen LogP contribution in [0.25, 0.3) is 32.9 Å². The highest BCUT2D eigenvalue weighted by molar-refractivity contribution is 8.01. The first-order valence-electron chi connectivity index (χ1n) is 42.4. The molecule has 9 aliphatic rings. The number of methoxy groups -OCH3 is 1. The molecule has 8 fully saturated rings. The normalized spacial score (nSPS) is 21.0. The fourth-order valence-corrected chi connectivity index (χ4v) is 19.0. The van der Waals surface area contributed by atoms with E-state index in [9.17, 15) is 60.5 Å². The molecule has 1 aromatic carbocycles.